The average molecular weight is 330 g/mol. The van der Waals surface area contributed by atoms with E-state index in [0.717, 1.165) is 17.7 Å². The Labute approximate surface area is 146 Å². The normalized spacial score (nSPS) is 11.7. The van der Waals surface area contributed by atoms with Crippen molar-refractivity contribution in [1.82, 2.24) is 10.3 Å². The summed E-state index contributed by atoms with van der Waals surface area (Å²) in [6.45, 7) is 13.4. The lowest BCUT2D eigenvalue weighted by atomic mass is 9.86. The van der Waals surface area contributed by atoms with Gasteiger partial charge >= 0.3 is 0 Å². The Kier molecular flexibility index (Phi) is 7.09. The number of nitrogens with zero attached hydrogens (tertiary/aromatic N) is 1. The standard InChI is InChI=1S/C12H18FN.C9H13N/c1-12(2,3)10-7-9(8-14-4)5-6-11(10)13;1-9(2,3)8-4-6-10-7-5-8/h5-7,14H,8H2,1-4H3;4-7H,1-3H3. The van der Waals surface area contributed by atoms with Crippen molar-refractivity contribution in [3.63, 3.8) is 0 Å². The second-order valence-electron chi connectivity index (χ2n) is 8.08. The third-order valence-corrected chi connectivity index (χ3v) is 3.77. The first-order valence-electron chi connectivity index (χ1n) is 8.39. The van der Waals surface area contributed by atoms with E-state index in [0.29, 0.717) is 0 Å². The SMILES string of the molecule is CC(C)(C)c1ccncc1.CNCc1ccc(F)c(C(C)(C)C)c1. The summed E-state index contributed by atoms with van der Waals surface area (Å²) in [5.74, 6) is -0.114. The number of aromatic nitrogens is 1. The molecule has 24 heavy (non-hydrogen) atoms. The number of pyridine rings is 1. The first-order chi connectivity index (χ1) is 11.1. The van der Waals surface area contributed by atoms with Crippen LogP contribution < -0.4 is 5.32 Å². The topological polar surface area (TPSA) is 24.9 Å². The van der Waals surface area contributed by atoms with Crippen LogP contribution in [0.2, 0.25) is 0 Å². The first-order valence-corrected chi connectivity index (χ1v) is 8.39. The summed E-state index contributed by atoms with van der Waals surface area (Å²) in [4.78, 5) is 3.96. The lowest BCUT2D eigenvalue weighted by Crippen LogP contribution is -2.15. The molecule has 3 heteroatoms. The molecule has 0 bridgehead atoms. The van der Waals surface area contributed by atoms with Gasteiger partial charge in [-0.05, 0) is 52.8 Å². The molecule has 0 radical (unpaired) electrons. The van der Waals surface area contributed by atoms with Crippen molar-refractivity contribution in [2.75, 3.05) is 7.05 Å². The fraction of sp³-hybridized carbons (Fsp3) is 0.476. The van der Waals surface area contributed by atoms with Crippen molar-refractivity contribution < 1.29 is 4.39 Å². The number of rotatable bonds is 2. The van der Waals surface area contributed by atoms with Gasteiger partial charge in [0.1, 0.15) is 5.82 Å². The fourth-order valence-corrected chi connectivity index (χ4v) is 2.31. The van der Waals surface area contributed by atoms with Crippen LogP contribution in [0.4, 0.5) is 4.39 Å². The quantitative estimate of drug-likeness (QED) is 0.816. The Morgan fingerprint density at radius 3 is 1.92 bits per heavy atom. The summed E-state index contributed by atoms with van der Waals surface area (Å²) in [5.41, 5.74) is 3.36. The molecule has 1 aromatic heterocycles. The molecule has 2 aromatic rings. The van der Waals surface area contributed by atoms with Gasteiger partial charge in [0.25, 0.3) is 0 Å². The first kappa shape index (κ1) is 20.3. The maximum absolute atomic E-state index is 13.5. The van der Waals surface area contributed by atoms with Gasteiger partial charge in [0.2, 0.25) is 0 Å². The molecule has 1 N–H and O–H groups in total. The van der Waals surface area contributed by atoms with Gasteiger partial charge in [-0.1, -0.05) is 53.7 Å². The van der Waals surface area contributed by atoms with Gasteiger partial charge in [-0.15, -0.1) is 0 Å². The Bertz CT molecular complexity index is 623. The Balaban J connectivity index is 0.000000254. The molecule has 0 aliphatic carbocycles. The van der Waals surface area contributed by atoms with Crippen molar-refractivity contribution in [3.05, 3.63) is 65.2 Å². The van der Waals surface area contributed by atoms with Crippen LogP contribution >= 0.6 is 0 Å². The second-order valence-corrected chi connectivity index (χ2v) is 8.08. The molecule has 0 saturated carbocycles. The van der Waals surface area contributed by atoms with Gasteiger partial charge in [0, 0.05) is 18.9 Å². The molecule has 0 fully saturated rings. The highest BCUT2D eigenvalue weighted by Crippen LogP contribution is 2.25. The van der Waals surface area contributed by atoms with E-state index in [1.54, 1.807) is 6.07 Å². The molecule has 132 valence electrons. The molecule has 0 saturated heterocycles. The van der Waals surface area contributed by atoms with Crippen molar-refractivity contribution in [3.8, 4) is 0 Å². The predicted octanol–water partition coefficient (Wildman–Crippen LogP) is 5.22. The molecule has 2 nitrogen and oxygen atoms in total. The molecule has 1 aromatic carbocycles. The second kappa shape index (κ2) is 8.39. The van der Waals surface area contributed by atoms with Gasteiger partial charge in [-0.2, -0.15) is 0 Å². The lowest BCUT2D eigenvalue weighted by molar-refractivity contribution is 0.521. The number of halogens is 1. The monoisotopic (exact) mass is 330 g/mol. The Morgan fingerprint density at radius 1 is 0.917 bits per heavy atom. The maximum atomic E-state index is 13.5. The van der Waals surface area contributed by atoms with Crippen LogP contribution in [0.3, 0.4) is 0 Å². The molecule has 2 rings (SSSR count). The molecule has 0 atom stereocenters. The van der Waals surface area contributed by atoms with Gasteiger partial charge in [-0.25, -0.2) is 4.39 Å². The highest BCUT2D eigenvalue weighted by molar-refractivity contribution is 5.30. The van der Waals surface area contributed by atoms with E-state index in [2.05, 4.69) is 43.2 Å². The molecular weight excluding hydrogens is 299 g/mol. The third-order valence-electron chi connectivity index (χ3n) is 3.77. The van der Waals surface area contributed by atoms with Crippen LogP contribution in [0.15, 0.2) is 42.7 Å². The van der Waals surface area contributed by atoms with Crippen LogP contribution in [0.25, 0.3) is 0 Å². The van der Waals surface area contributed by atoms with Crippen molar-refractivity contribution in [2.45, 2.75) is 58.9 Å². The van der Waals surface area contributed by atoms with E-state index in [1.165, 1.54) is 5.56 Å². The van der Waals surface area contributed by atoms with E-state index in [-0.39, 0.29) is 16.6 Å². The minimum absolute atomic E-state index is 0.114. The third kappa shape index (κ3) is 6.40. The summed E-state index contributed by atoms with van der Waals surface area (Å²) >= 11 is 0. The minimum atomic E-state index is -0.131. The molecule has 0 amide bonds. The van der Waals surface area contributed by atoms with Crippen molar-refractivity contribution in [1.29, 1.82) is 0 Å². The lowest BCUT2D eigenvalue weighted by Gasteiger charge is -2.20. The summed E-state index contributed by atoms with van der Waals surface area (Å²) < 4.78 is 13.5. The van der Waals surface area contributed by atoms with Crippen LogP contribution in [-0.4, -0.2) is 12.0 Å². The fourth-order valence-electron chi connectivity index (χ4n) is 2.31. The van der Waals surface area contributed by atoms with Crippen molar-refractivity contribution in [2.24, 2.45) is 0 Å². The number of hydrogen-bond acceptors (Lipinski definition) is 2. The largest absolute Gasteiger partial charge is 0.316 e. The smallest absolute Gasteiger partial charge is 0.126 e. The molecule has 0 aliphatic heterocycles. The maximum Gasteiger partial charge on any atom is 0.126 e. The van der Waals surface area contributed by atoms with E-state index >= 15 is 0 Å². The Morgan fingerprint density at radius 2 is 1.50 bits per heavy atom. The van der Waals surface area contributed by atoms with E-state index in [4.69, 9.17) is 0 Å². The summed E-state index contributed by atoms with van der Waals surface area (Å²) in [6, 6.07) is 9.42. The average Bonchev–Trinajstić information content (AvgIpc) is 2.49. The van der Waals surface area contributed by atoms with Gasteiger partial charge in [0.05, 0.1) is 0 Å². The predicted molar refractivity (Wildman–Crippen MR) is 101 cm³/mol. The van der Waals surface area contributed by atoms with Gasteiger partial charge < -0.3 is 5.32 Å². The van der Waals surface area contributed by atoms with E-state index < -0.39 is 0 Å². The number of benzene rings is 1. The van der Waals surface area contributed by atoms with Crippen molar-refractivity contribution >= 4 is 0 Å². The summed E-state index contributed by atoms with van der Waals surface area (Å²) in [5, 5.41) is 3.06. The highest BCUT2D eigenvalue weighted by Gasteiger charge is 2.18. The van der Waals surface area contributed by atoms with E-state index in [9.17, 15) is 4.39 Å². The zero-order valence-corrected chi connectivity index (χ0v) is 16.1. The highest BCUT2D eigenvalue weighted by atomic mass is 19.1. The molecule has 0 unspecified atom stereocenters. The number of hydrogen-bond donors (Lipinski definition) is 1. The summed E-state index contributed by atoms with van der Waals surface area (Å²) in [6.07, 6.45) is 3.67. The van der Waals surface area contributed by atoms with Crippen LogP contribution in [0, 0.1) is 5.82 Å². The zero-order chi connectivity index (χ0) is 18.4. The molecular formula is C21H31FN2. The number of nitrogens with one attached hydrogen (secondary N) is 1. The van der Waals surface area contributed by atoms with Gasteiger partial charge in [-0.3, -0.25) is 4.98 Å². The van der Waals surface area contributed by atoms with Gasteiger partial charge in [0.15, 0.2) is 0 Å². The molecule has 0 aliphatic rings. The Hall–Kier alpha value is -1.74. The van der Waals surface area contributed by atoms with Crippen LogP contribution in [0.1, 0.15) is 58.2 Å². The summed E-state index contributed by atoms with van der Waals surface area (Å²) in [7, 11) is 1.89. The molecule has 1 heterocycles. The zero-order valence-electron chi connectivity index (χ0n) is 16.1. The van der Waals surface area contributed by atoms with E-state index in [1.807, 2.05) is 52.3 Å². The van der Waals surface area contributed by atoms with Crippen LogP contribution in [0.5, 0.6) is 0 Å². The van der Waals surface area contributed by atoms with Crippen LogP contribution in [-0.2, 0) is 17.4 Å². The molecule has 0 spiro atoms. The minimum Gasteiger partial charge on any atom is -0.316 e.